The van der Waals surface area contributed by atoms with Gasteiger partial charge >= 0.3 is 0 Å². The summed E-state index contributed by atoms with van der Waals surface area (Å²) >= 11 is 0. The second-order valence-corrected chi connectivity index (χ2v) is 9.81. The van der Waals surface area contributed by atoms with E-state index in [2.05, 4.69) is 84.3 Å². The van der Waals surface area contributed by atoms with E-state index >= 15 is 0 Å². The number of fused-ring (bicyclic) bond motifs is 1. The molecule has 3 aromatic carbocycles. The van der Waals surface area contributed by atoms with Crippen molar-refractivity contribution in [2.75, 3.05) is 37.6 Å². The molecule has 0 spiro atoms. The van der Waals surface area contributed by atoms with Crippen LogP contribution >= 0.6 is 0 Å². The average molecular weight is 482 g/mol. The highest BCUT2D eigenvalue weighted by Crippen LogP contribution is 2.32. The molecule has 0 N–H and O–H groups in total. The first kappa shape index (κ1) is 24.1. The van der Waals surface area contributed by atoms with E-state index in [4.69, 9.17) is 4.74 Å². The minimum absolute atomic E-state index is 0.117. The number of rotatable bonds is 6. The predicted molar refractivity (Wildman–Crippen MR) is 147 cm³/mol. The van der Waals surface area contributed by atoms with Crippen molar-refractivity contribution in [3.05, 3.63) is 95.6 Å². The van der Waals surface area contributed by atoms with Crippen LogP contribution in [0, 0.1) is 0 Å². The van der Waals surface area contributed by atoms with E-state index in [1.165, 1.54) is 16.8 Å². The minimum Gasteiger partial charge on any atom is -0.491 e. The van der Waals surface area contributed by atoms with Gasteiger partial charge in [-0.2, -0.15) is 0 Å². The molecule has 1 fully saturated rings. The maximum Gasteiger partial charge on any atom is 0.253 e. The Morgan fingerprint density at radius 2 is 1.67 bits per heavy atom. The maximum atomic E-state index is 13.3. The molecule has 5 heteroatoms. The highest BCUT2D eigenvalue weighted by atomic mass is 16.5. The van der Waals surface area contributed by atoms with Gasteiger partial charge in [-0.25, -0.2) is 0 Å². The van der Waals surface area contributed by atoms with Crippen LogP contribution in [0.1, 0.15) is 41.8 Å². The number of para-hydroxylation sites is 2. The van der Waals surface area contributed by atoms with Crippen molar-refractivity contribution < 1.29 is 9.53 Å². The molecular weight excluding hydrogens is 446 g/mol. The van der Waals surface area contributed by atoms with Crippen LogP contribution in [0.3, 0.4) is 0 Å². The van der Waals surface area contributed by atoms with Crippen molar-refractivity contribution in [2.45, 2.75) is 32.9 Å². The average Bonchev–Trinajstić information content (AvgIpc) is 3.14. The van der Waals surface area contributed by atoms with Gasteiger partial charge < -0.3 is 14.5 Å². The molecular formula is C31H35N3O2. The van der Waals surface area contributed by atoms with E-state index in [0.29, 0.717) is 0 Å². The summed E-state index contributed by atoms with van der Waals surface area (Å²) < 4.78 is 6.01. The van der Waals surface area contributed by atoms with Crippen LogP contribution in [0.25, 0.3) is 6.08 Å². The fraction of sp³-hybridized carbons (Fsp3) is 0.323. The van der Waals surface area contributed by atoms with Crippen LogP contribution in [0.15, 0.2) is 78.9 Å². The van der Waals surface area contributed by atoms with Gasteiger partial charge in [0.25, 0.3) is 5.91 Å². The van der Waals surface area contributed by atoms with Gasteiger partial charge in [0.05, 0.1) is 6.10 Å². The number of carbonyl (C=O) groups is 1. The van der Waals surface area contributed by atoms with Crippen molar-refractivity contribution >= 4 is 23.4 Å². The summed E-state index contributed by atoms with van der Waals surface area (Å²) in [6.07, 6.45) is 5.46. The number of benzene rings is 3. The molecule has 2 aliphatic heterocycles. The molecule has 1 amide bonds. The molecule has 0 radical (unpaired) electrons. The van der Waals surface area contributed by atoms with Gasteiger partial charge in [-0.15, -0.1) is 0 Å². The number of anilines is 2. The first-order valence-corrected chi connectivity index (χ1v) is 13.0. The molecule has 36 heavy (non-hydrogen) atoms. The Labute approximate surface area is 214 Å². The Morgan fingerprint density at radius 1 is 0.889 bits per heavy atom. The number of hydrogen-bond donors (Lipinski definition) is 0. The molecule has 1 saturated heterocycles. The fourth-order valence-corrected chi connectivity index (χ4v) is 5.05. The molecule has 0 atom stereocenters. The summed E-state index contributed by atoms with van der Waals surface area (Å²) in [6, 6.07) is 24.8. The van der Waals surface area contributed by atoms with Gasteiger partial charge in [-0.1, -0.05) is 48.6 Å². The standard InChI is InChI=1S/C31H35N3O2/c1-24(2)36-30-13-6-4-10-27(30)23-32-18-8-19-33(22-21-32)31(35)26-14-16-28(17-15-26)34-20-7-11-25-9-3-5-12-29(25)34/h3-7,9-17,24H,8,18-23H2,1-2H3. The largest absolute Gasteiger partial charge is 0.491 e. The zero-order chi connectivity index (χ0) is 24.9. The first-order valence-electron chi connectivity index (χ1n) is 13.0. The third kappa shape index (κ3) is 5.47. The Balaban J connectivity index is 1.22. The number of nitrogens with zero attached hydrogens (tertiary/aromatic N) is 3. The first-order chi connectivity index (χ1) is 17.6. The van der Waals surface area contributed by atoms with Gasteiger partial charge in [0.1, 0.15) is 5.75 Å². The lowest BCUT2D eigenvalue weighted by Gasteiger charge is -2.28. The summed E-state index contributed by atoms with van der Waals surface area (Å²) in [7, 11) is 0. The number of hydrogen-bond acceptors (Lipinski definition) is 4. The van der Waals surface area contributed by atoms with E-state index in [1.54, 1.807) is 0 Å². The molecule has 5 nitrogen and oxygen atoms in total. The Morgan fingerprint density at radius 3 is 2.50 bits per heavy atom. The molecule has 2 aliphatic rings. The van der Waals surface area contributed by atoms with Crippen LogP contribution in [-0.2, 0) is 6.54 Å². The monoisotopic (exact) mass is 481 g/mol. The lowest BCUT2D eigenvalue weighted by Crippen LogP contribution is -2.35. The normalized spacial score (nSPS) is 16.1. The number of ether oxygens (including phenoxy) is 1. The molecule has 0 aliphatic carbocycles. The van der Waals surface area contributed by atoms with E-state index in [-0.39, 0.29) is 12.0 Å². The van der Waals surface area contributed by atoms with Crippen LogP contribution in [0.2, 0.25) is 0 Å². The SMILES string of the molecule is CC(C)Oc1ccccc1CN1CCCN(C(=O)c2ccc(N3CC=Cc4ccccc43)cc2)CC1. The molecule has 0 bridgehead atoms. The summed E-state index contributed by atoms with van der Waals surface area (Å²) in [6.45, 7) is 9.13. The van der Waals surface area contributed by atoms with Crippen molar-refractivity contribution in [3.63, 3.8) is 0 Å². The molecule has 3 aromatic rings. The van der Waals surface area contributed by atoms with Gasteiger partial charge in [-0.05, 0) is 62.2 Å². The number of carbonyl (C=O) groups excluding carboxylic acids is 1. The summed E-state index contributed by atoms with van der Waals surface area (Å²) in [5.74, 6) is 1.07. The third-order valence-corrected chi connectivity index (χ3v) is 6.84. The van der Waals surface area contributed by atoms with E-state index < -0.39 is 0 Å². The van der Waals surface area contributed by atoms with E-state index in [9.17, 15) is 4.79 Å². The molecule has 0 unspecified atom stereocenters. The van der Waals surface area contributed by atoms with Gasteiger partial charge in [0.15, 0.2) is 0 Å². The molecule has 186 valence electrons. The summed E-state index contributed by atoms with van der Waals surface area (Å²) in [5, 5.41) is 0. The highest BCUT2D eigenvalue weighted by Gasteiger charge is 2.22. The Kier molecular flexibility index (Phi) is 7.38. The second-order valence-electron chi connectivity index (χ2n) is 9.81. The Bertz CT molecular complexity index is 1220. The second kappa shape index (κ2) is 11.0. The molecule has 0 aromatic heterocycles. The van der Waals surface area contributed by atoms with Gasteiger partial charge in [0, 0.05) is 61.8 Å². The zero-order valence-electron chi connectivity index (χ0n) is 21.3. The van der Waals surface area contributed by atoms with Crippen molar-refractivity contribution in [2.24, 2.45) is 0 Å². The highest BCUT2D eigenvalue weighted by molar-refractivity contribution is 5.94. The lowest BCUT2D eigenvalue weighted by molar-refractivity contribution is 0.0761. The van der Waals surface area contributed by atoms with Crippen molar-refractivity contribution in [3.8, 4) is 5.75 Å². The molecule has 5 rings (SSSR count). The van der Waals surface area contributed by atoms with Crippen LogP contribution < -0.4 is 9.64 Å². The van der Waals surface area contributed by atoms with E-state index in [0.717, 1.165) is 62.7 Å². The van der Waals surface area contributed by atoms with Crippen LogP contribution in [0.4, 0.5) is 11.4 Å². The van der Waals surface area contributed by atoms with Crippen LogP contribution in [0.5, 0.6) is 5.75 Å². The zero-order valence-corrected chi connectivity index (χ0v) is 21.3. The lowest BCUT2D eigenvalue weighted by atomic mass is 10.1. The molecule has 0 saturated carbocycles. The maximum absolute atomic E-state index is 13.3. The fourth-order valence-electron chi connectivity index (χ4n) is 5.05. The predicted octanol–water partition coefficient (Wildman–Crippen LogP) is 5.99. The van der Waals surface area contributed by atoms with Crippen molar-refractivity contribution in [1.29, 1.82) is 0 Å². The third-order valence-electron chi connectivity index (χ3n) is 6.84. The summed E-state index contributed by atoms with van der Waals surface area (Å²) in [4.78, 5) is 20.1. The topological polar surface area (TPSA) is 36.0 Å². The smallest absolute Gasteiger partial charge is 0.253 e. The van der Waals surface area contributed by atoms with Crippen molar-refractivity contribution in [1.82, 2.24) is 9.80 Å². The molecule has 2 heterocycles. The van der Waals surface area contributed by atoms with Gasteiger partial charge in [0.2, 0.25) is 0 Å². The number of amides is 1. The van der Waals surface area contributed by atoms with Gasteiger partial charge in [-0.3, -0.25) is 9.69 Å². The van der Waals surface area contributed by atoms with E-state index in [1.807, 2.05) is 29.2 Å². The quantitative estimate of drug-likeness (QED) is 0.434. The summed E-state index contributed by atoms with van der Waals surface area (Å²) in [5.41, 5.74) is 5.48. The minimum atomic E-state index is 0.117. The van der Waals surface area contributed by atoms with Crippen LogP contribution in [-0.4, -0.2) is 54.5 Å². The Hall–Kier alpha value is -3.57.